The van der Waals surface area contributed by atoms with Gasteiger partial charge >= 0.3 is 0 Å². The first-order chi connectivity index (χ1) is 43.1. The van der Waals surface area contributed by atoms with Crippen molar-refractivity contribution in [2.45, 2.75) is 220 Å². The van der Waals surface area contributed by atoms with Crippen molar-refractivity contribution in [3.05, 3.63) is 224 Å². The summed E-state index contributed by atoms with van der Waals surface area (Å²) in [4.78, 5) is 8.13. The molecular weight excluding hydrogens is 1110 g/mol. The van der Waals surface area contributed by atoms with Crippen LogP contribution in [-0.4, -0.2) is 6.71 Å². The van der Waals surface area contributed by atoms with E-state index in [2.05, 4.69) is 311 Å². The molecule has 0 N–H and O–H groups in total. The van der Waals surface area contributed by atoms with Crippen molar-refractivity contribution in [2.24, 2.45) is 0 Å². The first kappa shape index (κ1) is 60.7. The number of benzene rings is 9. The zero-order chi connectivity index (χ0) is 65.1. The lowest BCUT2D eigenvalue weighted by atomic mass is 9.33. The van der Waals surface area contributed by atoms with Crippen LogP contribution in [0.25, 0.3) is 22.3 Å². The molecule has 0 saturated carbocycles. The minimum atomic E-state index is -0.104. The second kappa shape index (κ2) is 20.0. The number of hydrogen-bond acceptors (Lipinski definition) is 3. The molecule has 0 aromatic heterocycles. The highest BCUT2D eigenvalue weighted by atomic mass is 15.2. The lowest BCUT2D eigenvalue weighted by Gasteiger charge is -2.48. The number of nitrogens with zero attached hydrogens (tertiary/aromatic N) is 3. The van der Waals surface area contributed by atoms with Crippen LogP contribution in [0.15, 0.2) is 158 Å². The lowest BCUT2D eigenvalue weighted by Crippen LogP contribution is -2.61. The number of rotatable bonds is 6. The summed E-state index contributed by atoms with van der Waals surface area (Å²) in [5.41, 5.74) is 37.4. The van der Waals surface area contributed by atoms with E-state index in [0.717, 1.165) is 42.7 Å². The Hall–Kier alpha value is -7.56. The zero-order valence-corrected chi connectivity index (χ0v) is 59.2. The van der Waals surface area contributed by atoms with Crippen LogP contribution in [0.3, 0.4) is 0 Å². The minimum Gasteiger partial charge on any atom is -0.311 e. The fraction of sp³-hybridized carbons (Fsp3) is 0.386. The standard InChI is InChI=1S/C88H98BN3/c1-53-42-65-68(85(13,14)40-38-83(65,9)10)49-74(53)91-73-37-28-56(64-27-23-25-57-44-55-24-21-22-26-63(55)79(57)64)45-71(73)89-72-48-67-70(88(19,20)52-87(67,17)18)51-76(72)92(75-50-69-66(43-54(75)2)84(11,12)39-41-86(69,15)16)78-47-62(46-77(91)80(78)89)90(60-33-29-58(30-34-60)81(3,4)5)61-35-31-59(32-36-61)82(6,7)8/h21-37,42-43,45-51H,38-41,44,52H2,1-20H3. The largest absolute Gasteiger partial charge is 0.311 e. The maximum absolute atomic E-state index is 2.80. The second-order valence-corrected chi connectivity index (χ2v) is 35.2. The Labute approximate surface area is 552 Å². The summed E-state index contributed by atoms with van der Waals surface area (Å²) in [6.45, 7) is 48.7. The van der Waals surface area contributed by atoms with Crippen molar-refractivity contribution < 1.29 is 0 Å². The van der Waals surface area contributed by atoms with Crippen molar-refractivity contribution in [3.8, 4) is 22.3 Å². The average molecular weight is 1210 g/mol. The van der Waals surface area contributed by atoms with Gasteiger partial charge < -0.3 is 14.7 Å². The first-order valence-corrected chi connectivity index (χ1v) is 34.8. The molecule has 0 bridgehead atoms. The average Bonchev–Trinajstić information content (AvgIpc) is 0.899. The van der Waals surface area contributed by atoms with E-state index < -0.39 is 0 Å². The Balaban J connectivity index is 1.11. The van der Waals surface area contributed by atoms with Gasteiger partial charge in [-0.1, -0.05) is 222 Å². The molecule has 3 nitrogen and oxygen atoms in total. The van der Waals surface area contributed by atoms with E-state index >= 15 is 0 Å². The van der Waals surface area contributed by atoms with Crippen LogP contribution in [0, 0.1) is 13.8 Å². The molecule has 0 saturated heterocycles. The Morgan fingerprint density at radius 1 is 0.370 bits per heavy atom. The maximum Gasteiger partial charge on any atom is 0.252 e. The highest BCUT2D eigenvalue weighted by molar-refractivity contribution is 7.00. The lowest BCUT2D eigenvalue weighted by molar-refractivity contribution is 0.332. The van der Waals surface area contributed by atoms with Crippen LogP contribution in [0.2, 0.25) is 0 Å². The van der Waals surface area contributed by atoms with Crippen LogP contribution in [0.1, 0.15) is 223 Å². The molecule has 0 fully saturated rings. The van der Waals surface area contributed by atoms with Gasteiger partial charge in [0.25, 0.3) is 6.71 Å². The molecule has 9 aromatic carbocycles. The fourth-order valence-electron chi connectivity index (χ4n) is 18.3. The summed E-state index contributed by atoms with van der Waals surface area (Å²) in [5.74, 6) is 0. The summed E-state index contributed by atoms with van der Waals surface area (Å²) >= 11 is 0. The third-order valence-electron chi connectivity index (χ3n) is 23.7. The third-order valence-corrected chi connectivity index (χ3v) is 23.7. The van der Waals surface area contributed by atoms with E-state index in [9.17, 15) is 0 Å². The molecule has 0 amide bonds. The van der Waals surface area contributed by atoms with Crippen molar-refractivity contribution in [1.82, 2.24) is 0 Å². The molecule has 15 rings (SSSR count). The molecule has 92 heavy (non-hydrogen) atoms. The van der Waals surface area contributed by atoms with Gasteiger partial charge in [0.05, 0.1) is 5.69 Å². The highest BCUT2D eigenvalue weighted by Gasteiger charge is 2.50. The monoisotopic (exact) mass is 1210 g/mol. The molecule has 2 aliphatic heterocycles. The predicted octanol–water partition coefficient (Wildman–Crippen LogP) is 22.3. The molecule has 468 valence electrons. The molecule has 0 radical (unpaired) electrons. The smallest absolute Gasteiger partial charge is 0.252 e. The molecule has 4 heteroatoms. The quantitative estimate of drug-likeness (QED) is 0.154. The van der Waals surface area contributed by atoms with Gasteiger partial charge in [0.1, 0.15) is 0 Å². The van der Waals surface area contributed by atoms with Crippen molar-refractivity contribution in [2.75, 3.05) is 14.7 Å². The maximum atomic E-state index is 2.80. The number of anilines is 9. The first-order valence-electron chi connectivity index (χ1n) is 34.8. The van der Waals surface area contributed by atoms with Gasteiger partial charge in [-0.25, -0.2) is 0 Å². The molecule has 4 aliphatic carbocycles. The van der Waals surface area contributed by atoms with Crippen LogP contribution in [0.4, 0.5) is 51.2 Å². The molecule has 0 spiro atoms. The summed E-state index contributed by atoms with van der Waals surface area (Å²) in [7, 11) is 0. The van der Waals surface area contributed by atoms with Gasteiger partial charge in [-0.3, -0.25) is 0 Å². The van der Waals surface area contributed by atoms with Gasteiger partial charge in [-0.05, 0) is 262 Å². The van der Waals surface area contributed by atoms with Gasteiger partial charge in [-0.15, -0.1) is 0 Å². The van der Waals surface area contributed by atoms with E-state index in [1.807, 2.05) is 0 Å². The summed E-state index contributed by atoms with van der Waals surface area (Å²) in [5, 5.41) is 0. The SMILES string of the molecule is Cc1cc2c(cc1N1c3ccc(-c4cccc5c4-c4ccccc4C5)cc3B3c4cc5c(cc4N(c4cc6c(cc4C)C(C)(C)CCC6(C)C)c4cc(N(c6ccc(C(C)(C)C)cc6)c6ccc(C(C)(C)C)cc6)cc1c43)C(C)(C)CC5(C)C)C(C)(C)CCC2(C)C. The van der Waals surface area contributed by atoms with E-state index in [1.54, 1.807) is 0 Å². The fourth-order valence-corrected chi connectivity index (χ4v) is 18.3. The van der Waals surface area contributed by atoms with Crippen molar-refractivity contribution >= 4 is 74.3 Å². The molecule has 0 atom stereocenters. The van der Waals surface area contributed by atoms with E-state index in [4.69, 9.17) is 0 Å². The predicted molar refractivity (Wildman–Crippen MR) is 397 cm³/mol. The van der Waals surface area contributed by atoms with E-state index in [1.165, 1.54) is 152 Å². The molecule has 0 unspecified atom stereocenters. The topological polar surface area (TPSA) is 9.72 Å². The van der Waals surface area contributed by atoms with Gasteiger partial charge in [0, 0.05) is 45.5 Å². The van der Waals surface area contributed by atoms with Crippen LogP contribution in [-0.2, 0) is 49.7 Å². The molecular formula is C88H98BN3. The Morgan fingerprint density at radius 2 is 0.793 bits per heavy atom. The van der Waals surface area contributed by atoms with Crippen LogP contribution < -0.4 is 31.1 Å². The Morgan fingerprint density at radius 3 is 1.30 bits per heavy atom. The zero-order valence-electron chi connectivity index (χ0n) is 59.2. The number of aryl methyl sites for hydroxylation is 2. The molecule has 6 aliphatic rings. The Bertz CT molecular complexity index is 4510. The molecule has 9 aromatic rings. The van der Waals surface area contributed by atoms with Crippen molar-refractivity contribution in [3.63, 3.8) is 0 Å². The highest BCUT2D eigenvalue weighted by Crippen LogP contribution is 2.58. The summed E-state index contributed by atoms with van der Waals surface area (Å²) in [6, 6.07) is 64.1. The second-order valence-electron chi connectivity index (χ2n) is 35.2. The van der Waals surface area contributed by atoms with E-state index in [-0.39, 0.29) is 50.0 Å². The van der Waals surface area contributed by atoms with E-state index in [0.29, 0.717) is 0 Å². The molecule has 2 heterocycles. The van der Waals surface area contributed by atoms with Gasteiger partial charge in [0.2, 0.25) is 0 Å². The normalized spacial score (nSPS) is 18.6. The number of fused-ring (bicyclic) bond motifs is 10. The van der Waals surface area contributed by atoms with Gasteiger partial charge in [0.15, 0.2) is 0 Å². The minimum absolute atomic E-state index is 0.00753. The van der Waals surface area contributed by atoms with Crippen molar-refractivity contribution in [1.29, 1.82) is 0 Å². The summed E-state index contributed by atoms with van der Waals surface area (Å²) < 4.78 is 0. The number of hydrogen-bond donors (Lipinski definition) is 0. The summed E-state index contributed by atoms with van der Waals surface area (Å²) in [6.07, 6.45) is 6.66. The Kier molecular flexibility index (Phi) is 13.2. The third kappa shape index (κ3) is 9.30. The van der Waals surface area contributed by atoms with Crippen LogP contribution in [0.5, 0.6) is 0 Å². The van der Waals surface area contributed by atoms with Crippen LogP contribution >= 0.6 is 0 Å². The van der Waals surface area contributed by atoms with Gasteiger partial charge in [-0.2, -0.15) is 0 Å².